The number of aryl methyl sites for hydroxylation is 2. The fourth-order valence-electron chi connectivity index (χ4n) is 2.83. The highest BCUT2D eigenvalue weighted by atomic mass is 35.5. The molecule has 0 bridgehead atoms. The van der Waals surface area contributed by atoms with E-state index in [1.165, 1.54) is 12.0 Å². The molecule has 0 unspecified atom stereocenters. The SMILES string of the molecule is COC(=O)CCCNc1nc(Cl)ncc1CN(C(=O)Cl)c1c(C)cccc1C. The third-order valence-electron chi connectivity index (χ3n) is 4.16. The zero-order valence-corrected chi connectivity index (χ0v) is 17.5. The summed E-state index contributed by atoms with van der Waals surface area (Å²) in [5.74, 6) is 0.204. The van der Waals surface area contributed by atoms with Crippen molar-refractivity contribution in [2.24, 2.45) is 0 Å². The maximum Gasteiger partial charge on any atom is 0.321 e. The van der Waals surface area contributed by atoms with Crippen LogP contribution in [-0.4, -0.2) is 35.0 Å². The molecule has 1 amide bonds. The molecule has 150 valence electrons. The number of methoxy groups -OCH3 is 1. The van der Waals surface area contributed by atoms with Gasteiger partial charge in [0.1, 0.15) is 5.82 Å². The molecule has 0 radical (unpaired) electrons. The molecule has 0 aliphatic rings. The minimum Gasteiger partial charge on any atom is -0.469 e. The normalized spacial score (nSPS) is 10.5. The highest BCUT2D eigenvalue weighted by Gasteiger charge is 2.20. The number of aromatic nitrogens is 2. The smallest absolute Gasteiger partial charge is 0.321 e. The quantitative estimate of drug-likeness (QED) is 0.221. The summed E-state index contributed by atoms with van der Waals surface area (Å²) in [6.07, 6.45) is 2.40. The standard InChI is InChI=1S/C19H22Cl2N4O3/c1-12-6-4-7-13(2)16(12)25(19(21)27)11-14-10-23-18(20)24-17(14)22-9-5-8-15(26)28-3/h4,6-7,10H,5,8-9,11H2,1-3H3,(H,22,23,24). The van der Waals surface area contributed by atoms with Crippen molar-refractivity contribution >= 4 is 46.0 Å². The van der Waals surface area contributed by atoms with Gasteiger partial charge in [0.25, 0.3) is 0 Å². The first kappa shape index (κ1) is 21.9. The maximum atomic E-state index is 12.2. The largest absolute Gasteiger partial charge is 0.469 e. The Kier molecular flexibility index (Phi) is 8.02. The summed E-state index contributed by atoms with van der Waals surface area (Å²) >= 11 is 11.8. The molecule has 1 heterocycles. The molecule has 0 saturated carbocycles. The number of benzene rings is 1. The monoisotopic (exact) mass is 424 g/mol. The van der Waals surface area contributed by atoms with E-state index in [-0.39, 0.29) is 24.2 Å². The van der Waals surface area contributed by atoms with Gasteiger partial charge >= 0.3 is 11.3 Å². The number of anilines is 2. The van der Waals surface area contributed by atoms with Crippen LogP contribution in [0.5, 0.6) is 0 Å². The molecule has 7 nitrogen and oxygen atoms in total. The molecule has 1 N–H and O–H groups in total. The number of amides is 1. The molecule has 1 aromatic heterocycles. The number of hydrogen-bond donors (Lipinski definition) is 1. The van der Waals surface area contributed by atoms with Crippen molar-refractivity contribution < 1.29 is 14.3 Å². The van der Waals surface area contributed by atoms with Crippen molar-refractivity contribution in [3.05, 3.63) is 46.4 Å². The molecule has 0 atom stereocenters. The number of nitrogens with zero attached hydrogens (tertiary/aromatic N) is 3. The molecule has 0 spiro atoms. The van der Waals surface area contributed by atoms with Gasteiger partial charge in [0.2, 0.25) is 5.28 Å². The van der Waals surface area contributed by atoms with Crippen molar-refractivity contribution in [2.75, 3.05) is 23.9 Å². The highest BCUT2D eigenvalue weighted by molar-refractivity contribution is 6.66. The van der Waals surface area contributed by atoms with Gasteiger partial charge in [-0.1, -0.05) is 18.2 Å². The van der Waals surface area contributed by atoms with E-state index in [2.05, 4.69) is 20.0 Å². The van der Waals surface area contributed by atoms with Crippen LogP contribution in [0.15, 0.2) is 24.4 Å². The maximum absolute atomic E-state index is 12.2. The minimum atomic E-state index is -0.607. The number of para-hydroxylation sites is 1. The van der Waals surface area contributed by atoms with Crippen LogP contribution in [0.3, 0.4) is 0 Å². The lowest BCUT2D eigenvalue weighted by atomic mass is 10.1. The summed E-state index contributed by atoms with van der Waals surface area (Å²) in [4.78, 5) is 33.1. The fourth-order valence-corrected chi connectivity index (χ4v) is 3.10. The van der Waals surface area contributed by atoms with Crippen molar-refractivity contribution in [1.82, 2.24) is 9.97 Å². The van der Waals surface area contributed by atoms with E-state index in [0.29, 0.717) is 24.3 Å². The van der Waals surface area contributed by atoms with Crippen LogP contribution in [0.2, 0.25) is 5.28 Å². The lowest BCUT2D eigenvalue weighted by Crippen LogP contribution is -2.27. The van der Waals surface area contributed by atoms with Gasteiger partial charge in [-0.3, -0.25) is 14.5 Å². The second kappa shape index (κ2) is 10.2. The lowest BCUT2D eigenvalue weighted by Gasteiger charge is -2.24. The predicted molar refractivity (Wildman–Crippen MR) is 110 cm³/mol. The van der Waals surface area contributed by atoms with E-state index in [1.807, 2.05) is 32.0 Å². The zero-order valence-electron chi connectivity index (χ0n) is 16.0. The second-order valence-electron chi connectivity index (χ2n) is 6.20. The Bertz CT molecular complexity index is 841. The Labute approximate surface area is 174 Å². The van der Waals surface area contributed by atoms with E-state index < -0.39 is 5.37 Å². The molecular weight excluding hydrogens is 403 g/mol. The number of hydrogen-bond acceptors (Lipinski definition) is 6. The molecule has 2 aromatic rings. The van der Waals surface area contributed by atoms with Crippen LogP contribution >= 0.6 is 23.2 Å². The van der Waals surface area contributed by atoms with Gasteiger partial charge in [0.15, 0.2) is 0 Å². The van der Waals surface area contributed by atoms with E-state index in [9.17, 15) is 9.59 Å². The van der Waals surface area contributed by atoms with Crippen molar-refractivity contribution in [2.45, 2.75) is 33.2 Å². The third-order valence-corrected chi connectivity index (χ3v) is 4.55. The Balaban J connectivity index is 2.23. The van der Waals surface area contributed by atoms with Gasteiger partial charge in [-0.2, -0.15) is 0 Å². The highest BCUT2D eigenvalue weighted by Crippen LogP contribution is 2.29. The lowest BCUT2D eigenvalue weighted by molar-refractivity contribution is -0.140. The van der Waals surface area contributed by atoms with Gasteiger partial charge in [0.05, 0.1) is 19.3 Å². The first-order valence-corrected chi connectivity index (χ1v) is 9.44. The Morgan fingerprint density at radius 2 is 1.93 bits per heavy atom. The average molecular weight is 425 g/mol. The van der Waals surface area contributed by atoms with E-state index >= 15 is 0 Å². The number of nitrogens with one attached hydrogen (secondary N) is 1. The number of ether oxygens (including phenoxy) is 1. The van der Waals surface area contributed by atoms with E-state index in [4.69, 9.17) is 23.2 Å². The number of carbonyl (C=O) groups is 2. The summed E-state index contributed by atoms with van der Waals surface area (Å²) in [6, 6.07) is 5.75. The van der Waals surface area contributed by atoms with Gasteiger partial charge < -0.3 is 10.1 Å². The molecule has 28 heavy (non-hydrogen) atoms. The van der Waals surface area contributed by atoms with Crippen LogP contribution in [0.25, 0.3) is 0 Å². The Morgan fingerprint density at radius 3 is 2.54 bits per heavy atom. The summed E-state index contributed by atoms with van der Waals surface area (Å²) < 4.78 is 4.62. The van der Waals surface area contributed by atoms with Gasteiger partial charge in [-0.05, 0) is 54.6 Å². The topological polar surface area (TPSA) is 84.4 Å². The van der Waals surface area contributed by atoms with Crippen LogP contribution < -0.4 is 10.2 Å². The van der Waals surface area contributed by atoms with Crippen LogP contribution in [0, 0.1) is 13.8 Å². The van der Waals surface area contributed by atoms with Crippen LogP contribution in [-0.2, 0) is 16.1 Å². The van der Waals surface area contributed by atoms with Crippen molar-refractivity contribution in [1.29, 1.82) is 0 Å². The molecule has 0 aliphatic heterocycles. The van der Waals surface area contributed by atoms with Gasteiger partial charge in [-0.25, -0.2) is 9.97 Å². The zero-order chi connectivity index (χ0) is 20.7. The van der Waals surface area contributed by atoms with Crippen molar-refractivity contribution in [3.63, 3.8) is 0 Å². The molecule has 0 fully saturated rings. The summed E-state index contributed by atoms with van der Waals surface area (Å²) in [7, 11) is 1.35. The molecule has 1 aromatic carbocycles. The fraction of sp³-hybridized carbons (Fsp3) is 0.368. The van der Waals surface area contributed by atoms with Crippen LogP contribution in [0.1, 0.15) is 29.5 Å². The van der Waals surface area contributed by atoms with Gasteiger partial charge in [0, 0.05) is 24.7 Å². The number of halogens is 2. The van der Waals surface area contributed by atoms with E-state index in [1.54, 1.807) is 6.20 Å². The molecular formula is C19H22Cl2N4O3. The first-order chi connectivity index (χ1) is 13.3. The van der Waals surface area contributed by atoms with Crippen LogP contribution in [0.4, 0.5) is 16.3 Å². The Hall–Kier alpha value is -2.38. The first-order valence-electron chi connectivity index (χ1n) is 8.68. The molecule has 0 aliphatic carbocycles. The summed E-state index contributed by atoms with van der Waals surface area (Å²) in [6.45, 7) is 4.48. The molecule has 9 heteroatoms. The van der Waals surface area contributed by atoms with E-state index in [0.717, 1.165) is 16.8 Å². The number of esters is 1. The number of rotatable bonds is 8. The summed E-state index contributed by atoms with van der Waals surface area (Å²) in [5.41, 5.74) is 3.25. The molecule has 0 saturated heterocycles. The predicted octanol–water partition coefficient (Wildman–Crippen LogP) is 4.48. The molecule has 2 rings (SSSR count). The average Bonchev–Trinajstić information content (AvgIpc) is 2.65. The third kappa shape index (κ3) is 5.81. The minimum absolute atomic E-state index is 0.0787. The Morgan fingerprint density at radius 1 is 1.25 bits per heavy atom. The summed E-state index contributed by atoms with van der Waals surface area (Å²) in [5, 5.41) is 2.61. The number of carbonyl (C=O) groups excluding carboxylic acids is 2. The van der Waals surface area contributed by atoms with Crippen molar-refractivity contribution in [3.8, 4) is 0 Å². The second-order valence-corrected chi connectivity index (χ2v) is 6.86. The van der Waals surface area contributed by atoms with Gasteiger partial charge in [-0.15, -0.1) is 0 Å².